The van der Waals surface area contributed by atoms with Crippen LogP contribution in [0.1, 0.15) is 25.5 Å². The van der Waals surface area contributed by atoms with Crippen molar-refractivity contribution in [3.8, 4) is 0 Å². The van der Waals surface area contributed by atoms with Gasteiger partial charge in [-0.1, -0.05) is 41.9 Å². The Morgan fingerprint density at radius 2 is 2.00 bits per heavy atom. The molecule has 1 aromatic heterocycles. The lowest BCUT2D eigenvalue weighted by Crippen LogP contribution is -2.06. The molecule has 1 unspecified atom stereocenters. The molecule has 1 heterocycles. The van der Waals surface area contributed by atoms with E-state index >= 15 is 0 Å². The van der Waals surface area contributed by atoms with Crippen molar-refractivity contribution in [2.24, 2.45) is 5.92 Å². The van der Waals surface area contributed by atoms with E-state index in [2.05, 4.69) is 20.9 Å². The first-order chi connectivity index (χ1) is 7.61. The molecule has 1 aromatic carbocycles. The van der Waals surface area contributed by atoms with Gasteiger partial charge in [-0.3, -0.25) is 4.98 Å². The summed E-state index contributed by atoms with van der Waals surface area (Å²) in [6.07, 6.45) is 1.29. The Labute approximate surface area is 103 Å². The molecule has 1 atom stereocenters. The van der Waals surface area contributed by atoms with Gasteiger partial charge in [-0.05, 0) is 18.1 Å². The number of aromatic nitrogens is 1. The highest BCUT2D eigenvalue weighted by Crippen LogP contribution is 2.31. The predicted molar refractivity (Wildman–Crippen MR) is 69.2 cm³/mol. The third-order valence-electron chi connectivity index (χ3n) is 2.70. The zero-order valence-electron chi connectivity index (χ0n) is 9.31. The summed E-state index contributed by atoms with van der Waals surface area (Å²) in [6.45, 7) is 4.00. The topological polar surface area (TPSA) is 33.1 Å². The highest BCUT2D eigenvalue weighted by Gasteiger charge is 2.16. The minimum Gasteiger partial charge on any atom is -0.388 e. The molecule has 16 heavy (non-hydrogen) atoms. The zero-order valence-corrected chi connectivity index (χ0v) is 10.9. The molecule has 0 saturated carbocycles. The Bertz CT molecular complexity index is 510. The number of aliphatic hydroxyl groups is 1. The van der Waals surface area contributed by atoms with Gasteiger partial charge in [0.1, 0.15) is 0 Å². The van der Waals surface area contributed by atoms with E-state index in [9.17, 15) is 5.11 Å². The lowest BCUT2D eigenvalue weighted by molar-refractivity contribution is 0.128. The van der Waals surface area contributed by atoms with E-state index in [4.69, 9.17) is 0 Å². The molecule has 0 saturated heterocycles. The van der Waals surface area contributed by atoms with Gasteiger partial charge in [0.05, 0.1) is 11.6 Å². The average molecular weight is 280 g/mol. The van der Waals surface area contributed by atoms with Crippen LogP contribution in [0, 0.1) is 5.92 Å². The molecule has 0 aliphatic rings. The highest BCUT2D eigenvalue weighted by molar-refractivity contribution is 9.10. The second-order valence-electron chi connectivity index (χ2n) is 4.23. The number of hydrogen-bond donors (Lipinski definition) is 1. The summed E-state index contributed by atoms with van der Waals surface area (Å²) in [4.78, 5) is 4.36. The molecule has 0 radical (unpaired) electrons. The van der Waals surface area contributed by atoms with Gasteiger partial charge in [-0.15, -0.1) is 0 Å². The van der Waals surface area contributed by atoms with Crippen LogP contribution >= 0.6 is 15.9 Å². The van der Waals surface area contributed by atoms with Crippen molar-refractivity contribution in [1.82, 2.24) is 4.98 Å². The second-order valence-corrected chi connectivity index (χ2v) is 5.08. The molecule has 84 valence electrons. The van der Waals surface area contributed by atoms with Crippen LogP contribution in [0.4, 0.5) is 0 Å². The first-order valence-electron chi connectivity index (χ1n) is 5.32. The van der Waals surface area contributed by atoms with E-state index in [1.165, 1.54) is 0 Å². The number of halogens is 1. The van der Waals surface area contributed by atoms with Gasteiger partial charge < -0.3 is 5.11 Å². The largest absolute Gasteiger partial charge is 0.388 e. The van der Waals surface area contributed by atoms with Gasteiger partial charge in [-0.25, -0.2) is 0 Å². The van der Waals surface area contributed by atoms with Crippen molar-refractivity contribution < 1.29 is 5.11 Å². The summed E-state index contributed by atoms with van der Waals surface area (Å²) in [6, 6.07) is 7.80. The lowest BCUT2D eigenvalue weighted by Gasteiger charge is -2.16. The van der Waals surface area contributed by atoms with Crippen molar-refractivity contribution in [2.45, 2.75) is 20.0 Å². The Morgan fingerprint density at radius 1 is 1.25 bits per heavy atom. The Kier molecular flexibility index (Phi) is 3.26. The molecule has 2 aromatic rings. The van der Waals surface area contributed by atoms with Crippen molar-refractivity contribution in [3.05, 3.63) is 40.5 Å². The molecule has 0 bridgehead atoms. The van der Waals surface area contributed by atoms with Crippen molar-refractivity contribution >= 4 is 26.8 Å². The van der Waals surface area contributed by atoms with Crippen LogP contribution in [0.25, 0.3) is 10.9 Å². The van der Waals surface area contributed by atoms with Crippen LogP contribution < -0.4 is 0 Å². The molecular weight excluding hydrogens is 266 g/mol. The Balaban J connectivity index is 2.67. The monoisotopic (exact) mass is 279 g/mol. The summed E-state index contributed by atoms with van der Waals surface area (Å²) < 4.78 is 1.01. The zero-order chi connectivity index (χ0) is 11.7. The van der Waals surface area contributed by atoms with Gasteiger partial charge in [0.15, 0.2) is 0 Å². The van der Waals surface area contributed by atoms with E-state index in [-0.39, 0.29) is 5.92 Å². The van der Waals surface area contributed by atoms with Crippen LogP contribution in [0.2, 0.25) is 0 Å². The van der Waals surface area contributed by atoms with Gasteiger partial charge in [0.2, 0.25) is 0 Å². The summed E-state index contributed by atoms with van der Waals surface area (Å²) in [7, 11) is 0. The first kappa shape index (κ1) is 11.6. The lowest BCUT2D eigenvalue weighted by atomic mass is 9.97. The standard InChI is InChI=1S/C13H14BrNO/c1-8(2)13(16)10-5-6-11(14)9-4-3-7-15-12(9)10/h3-8,13,16H,1-2H3. The molecule has 0 amide bonds. The predicted octanol–water partition coefficient (Wildman–Crippen LogP) is 3.69. The molecular formula is C13H14BrNO. The van der Waals surface area contributed by atoms with E-state index in [0.717, 1.165) is 20.9 Å². The molecule has 1 N–H and O–H groups in total. The van der Waals surface area contributed by atoms with Crippen LogP contribution in [-0.4, -0.2) is 10.1 Å². The summed E-state index contributed by atoms with van der Waals surface area (Å²) in [5.74, 6) is 0.186. The fraction of sp³-hybridized carbons (Fsp3) is 0.308. The van der Waals surface area contributed by atoms with E-state index in [1.807, 2.05) is 38.1 Å². The molecule has 0 spiro atoms. The van der Waals surface area contributed by atoms with E-state index in [0.29, 0.717) is 0 Å². The third-order valence-corrected chi connectivity index (χ3v) is 3.39. The molecule has 2 rings (SSSR count). The SMILES string of the molecule is CC(C)C(O)c1ccc(Br)c2cccnc12. The number of fused-ring (bicyclic) bond motifs is 1. The van der Waals surface area contributed by atoms with Crippen molar-refractivity contribution in [2.75, 3.05) is 0 Å². The fourth-order valence-corrected chi connectivity index (χ4v) is 2.21. The number of aliphatic hydroxyl groups excluding tert-OH is 1. The minimum absolute atomic E-state index is 0.186. The van der Waals surface area contributed by atoms with Gasteiger partial charge >= 0.3 is 0 Å². The molecule has 0 aliphatic carbocycles. The maximum Gasteiger partial charge on any atom is 0.0834 e. The fourth-order valence-electron chi connectivity index (χ4n) is 1.76. The first-order valence-corrected chi connectivity index (χ1v) is 6.11. The second kappa shape index (κ2) is 4.52. The number of benzene rings is 1. The smallest absolute Gasteiger partial charge is 0.0834 e. The average Bonchev–Trinajstić information content (AvgIpc) is 2.29. The van der Waals surface area contributed by atoms with Gasteiger partial charge in [0, 0.05) is 21.6 Å². The molecule has 3 heteroatoms. The van der Waals surface area contributed by atoms with Crippen LogP contribution in [-0.2, 0) is 0 Å². The van der Waals surface area contributed by atoms with Crippen LogP contribution in [0.3, 0.4) is 0 Å². The van der Waals surface area contributed by atoms with Gasteiger partial charge in [0.25, 0.3) is 0 Å². The third kappa shape index (κ3) is 1.97. The van der Waals surface area contributed by atoms with Crippen molar-refractivity contribution in [3.63, 3.8) is 0 Å². The summed E-state index contributed by atoms with van der Waals surface area (Å²) in [5.41, 5.74) is 1.77. The number of rotatable bonds is 2. The van der Waals surface area contributed by atoms with Crippen molar-refractivity contribution in [1.29, 1.82) is 0 Å². The number of pyridine rings is 1. The molecule has 0 fully saturated rings. The van der Waals surface area contributed by atoms with Gasteiger partial charge in [-0.2, -0.15) is 0 Å². The van der Waals surface area contributed by atoms with E-state index in [1.54, 1.807) is 6.20 Å². The normalized spacial score (nSPS) is 13.3. The highest BCUT2D eigenvalue weighted by atomic mass is 79.9. The van der Waals surface area contributed by atoms with Crippen LogP contribution in [0.15, 0.2) is 34.9 Å². The quantitative estimate of drug-likeness (QED) is 0.910. The summed E-state index contributed by atoms with van der Waals surface area (Å²) >= 11 is 3.50. The van der Waals surface area contributed by atoms with Crippen LogP contribution in [0.5, 0.6) is 0 Å². The number of nitrogens with zero attached hydrogens (tertiary/aromatic N) is 1. The Hall–Kier alpha value is -0.930. The Morgan fingerprint density at radius 3 is 2.69 bits per heavy atom. The van der Waals surface area contributed by atoms with E-state index < -0.39 is 6.10 Å². The molecule has 0 aliphatic heterocycles. The maximum atomic E-state index is 10.1. The minimum atomic E-state index is -0.467. The number of hydrogen-bond acceptors (Lipinski definition) is 2. The molecule has 2 nitrogen and oxygen atoms in total. The summed E-state index contributed by atoms with van der Waals surface area (Å²) in [5, 5.41) is 11.2. The maximum absolute atomic E-state index is 10.1.